The highest BCUT2D eigenvalue weighted by Crippen LogP contribution is 2.40. The third-order valence-electron chi connectivity index (χ3n) is 23.7. The molecule has 0 saturated heterocycles. The van der Waals surface area contributed by atoms with E-state index in [0.717, 1.165) is 118 Å². The highest BCUT2D eigenvalue weighted by Gasteiger charge is 2.23. The molecule has 16 aromatic carbocycles. The fourth-order valence-corrected chi connectivity index (χ4v) is 15.1. The summed E-state index contributed by atoms with van der Waals surface area (Å²) in [4.78, 5) is 0. The Morgan fingerprint density at radius 1 is 0.180 bits per heavy atom. The van der Waals surface area contributed by atoms with Crippen LogP contribution in [0.2, 0.25) is 0 Å². The molecule has 16 aromatic rings. The minimum Gasteiger partial charge on any atom is -0.505 e. The van der Waals surface area contributed by atoms with Gasteiger partial charge in [-0.05, 0) is 259 Å². The molecule has 0 atom stereocenters. The monoisotopic (exact) mass is 2070 g/mol. The van der Waals surface area contributed by atoms with Gasteiger partial charge in [0.2, 0.25) is 46.5 Å². The highest BCUT2D eigenvalue weighted by atomic mass is 19.2. The lowest BCUT2D eigenvalue weighted by molar-refractivity contribution is 0.306. The molecule has 150 heavy (non-hydrogen) atoms. The summed E-state index contributed by atoms with van der Waals surface area (Å²) in [5, 5.41) is 72.6. The molecule has 0 amide bonds. The van der Waals surface area contributed by atoms with E-state index in [0.29, 0.717) is 75.0 Å². The van der Waals surface area contributed by atoms with E-state index < -0.39 is 139 Å². The Kier molecular flexibility index (Phi) is 46.5. The van der Waals surface area contributed by atoms with E-state index in [-0.39, 0.29) is 44.5 Å². The van der Waals surface area contributed by atoms with Crippen LogP contribution in [-0.2, 0) is 25.7 Å². The molecule has 0 spiro atoms. The van der Waals surface area contributed by atoms with Gasteiger partial charge in [-0.2, -0.15) is 35.1 Å². The number of hydrogen-bond acceptors (Lipinski definition) is 11. The minimum atomic E-state index is -1.24. The second-order valence-corrected chi connectivity index (χ2v) is 34.6. The third kappa shape index (κ3) is 33.4. The number of phenols is 8. The standard InChI is InChI=1S/C19H22F2O.C17H18F2O2.C17H18F2O.C15H14F2O2.C15H14F2O.C14H12F2O.C13H10F2O2.C13H10F2O/c1-2-3-4-5-6-7-14-8-10-15(11-9-14)16-12-13-17(22)19(21)18(16)20;1-2-3-4-11-21-13-7-5-12(6-8-13)14-9-10-15(20)17(19)16(14)18;1-2-3-4-5-12-6-8-13(9-7-12)14-10-11-15(20)17(19)16(14)18;1-2-9-19-11-5-3-10(4-6-11)12-7-8-13(18)15(17)14(12)16;1-2-3-10-4-6-11(7-5-10)12-8-9-13(18)15(17)14(12)16;1-2-9-3-5-10(6-4-9)11-7-8-12(17)14(16)13(11)15;1-17-9-4-2-8(3-5-9)10-6-7-11(16)13(15)12(10)14;1-8-2-4-9(5-3-8)10-6-7-11(16)13(15)12(10)14/h8-13,22H,2-7H2,1H3;5-10,20H,2-4,11H2,1H3;6-11,20H,2-5H2,1H3;3-8,18H,2,9H2,1H3;4-9,18H,2-3H2,1H3;3-8,17H,2H2,1H3;2-7,16H,1H3;2-7,16H,1H3. The lowest BCUT2D eigenvalue weighted by Crippen LogP contribution is -1.97. The van der Waals surface area contributed by atoms with Gasteiger partial charge in [0.25, 0.3) is 0 Å². The maximum Gasteiger partial charge on any atom is 0.200 e. The van der Waals surface area contributed by atoms with Crippen LogP contribution in [0.5, 0.6) is 63.2 Å². The predicted octanol–water partition coefficient (Wildman–Crippen LogP) is 35.1. The molecular formula is C123H118F16O11. The van der Waals surface area contributed by atoms with Gasteiger partial charge in [0.1, 0.15) is 17.2 Å². The molecule has 0 aliphatic carbocycles. The summed E-state index contributed by atoms with van der Waals surface area (Å²) in [6.07, 6.45) is 18.8. The normalized spacial score (nSPS) is 10.6. The molecule has 16 rings (SSSR count). The van der Waals surface area contributed by atoms with Gasteiger partial charge in [-0.15, -0.1) is 0 Å². The van der Waals surface area contributed by atoms with Crippen molar-refractivity contribution in [2.45, 2.75) is 158 Å². The largest absolute Gasteiger partial charge is 0.505 e. The Hall–Kier alpha value is -15.8. The number of rotatable bonds is 30. The summed E-state index contributed by atoms with van der Waals surface area (Å²) in [5.41, 5.74) is 11.5. The first-order valence-electron chi connectivity index (χ1n) is 48.9. The molecule has 0 aliphatic rings. The summed E-state index contributed by atoms with van der Waals surface area (Å²) in [5.74, 6) is -21.3. The van der Waals surface area contributed by atoms with Crippen LogP contribution in [0.4, 0.5) is 70.2 Å². The van der Waals surface area contributed by atoms with Crippen LogP contribution in [0.1, 0.15) is 153 Å². The number of aryl methyl sites for hydroxylation is 5. The number of unbranched alkanes of at least 4 members (excludes halogenated alkanes) is 8. The van der Waals surface area contributed by atoms with Gasteiger partial charge < -0.3 is 55.1 Å². The molecule has 0 aliphatic heterocycles. The van der Waals surface area contributed by atoms with Crippen molar-refractivity contribution in [1.29, 1.82) is 0 Å². The summed E-state index contributed by atoms with van der Waals surface area (Å²) < 4.78 is 231. The molecule has 0 radical (unpaired) electrons. The molecular weight excluding hydrogens is 1960 g/mol. The summed E-state index contributed by atoms with van der Waals surface area (Å²) in [6.45, 7) is 15.8. The van der Waals surface area contributed by atoms with Crippen LogP contribution in [0.25, 0.3) is 89.0 Å². The number of phenolic OH excluding ortho intramolecular Hbond substituents is 8. The van der Waals surface area contributed by atoms with Crippen molar-refractivity contribution in [1.82, 2.24) is 0 Å². The molecule has 8 N–H and O–H groups in total. The number of methoxy groups -OCH3 is 1. The van der Waals surface area contributed by atoms with Crippen molar-refractivity contribution in [3.63, 3.8) is 0 Å². The van der Waals surface area contributed by atoms with E-state index in [2.05, 4.69) is 27.7 Å². The second kappa shape index (κ2) is 59.3. The molecule has 0 saturated carbocycles. The van der Waals surface area contributed by atoms with Gasteiger partial charge in [-0.25, -0.2) is 35.1 Å². The van der Waals surface area contributed by atoms with Crippen LogP contribution in [0.3, 0.4) is 0 Å². The number of halogens is 16. The topological polar surface area (TPSA) is 190 Å². The third-order valence-corrected chi connectivity index (χ3v) is 23.7. The Morgan fingerprint density at radius 3 is 0.613 bits per heavy atom. The van der Waals surface area contributed by atoms with Crippen molar-refractivity contribution in [3.8, 4) is 152 Å². The van der Waals surface area contributed by atoms with Crippen molar-refractivity contribution >= 4 is 0 Å². The van der Waals surface area contributed by atoms with Gasteiger partial charge >= 0.3 is 0 Å². The minimum absolute atomic E-state index is 0.1000. The Labute approximate surface area is 863 Å². The Bertz CT molecular complexity index is 6880. The van der Waals surface area contributed by atoms with Gasteiger partial charge in [0.05, 0.1) is 20.3 Å². The zero-order valence-electron chi connectivity index (χ0n) is 84.0. The second-order valence-electron chi connectivity index (χ2n) is 34.6. The van der Waals surface area contributed by atoms with Crippen LogP contribution in [0, 0.1) is 100.0 Å². The molecule has 0 unspecified atom stereocenters. The molecule has 0 fully saturated rings. The van der Waals surface area contributed by atoms with Gasteiger partial charge in [0, 0.05) is 44.5 Å². The van der Waals surface area contributed by atoms with Crippen molar-refractivity contribution in [3.05, 3.63) is 412 Å². The summed E-state index contributed by atoms with van der Waals surface area (Å²) >= 11 is 0. The fourth-order valence-electron chi connectivity index (χ4n) is 15.1. The van der Waals surface area contributed by atoms with Gasteiger partial charge in [-0.3, -0.25) is 0 Å². The molecule has 0 aromatic heterocycles. The van der Waals surface area contributed by atoms with Gasteiger partial charge in [-0.1, -0.05) is 263 Å². The number of ether oxygens (including phenoxy) is 3. The van der Waals surface area contributed by atoms with Crippen molar-refractivity contribution < 1.29 is 125 Å². The smallest absolute Gasteiger partial charge is 0.200 e. The van der Waals surface area contributed by atoms with Crippen LogP contribution < -0.4 is 14.2 Å². The number of aromatic hydroxyl groups is 8. The Balaban J connectivity index is 0.000000191. The molecule has 11 nitrogen and oxygen atoms in total. The summed E-state index contributed by atoms with van der Waals surface area (Å²) in [6, 6.07) is 76.8. The lowest BCUT2D eigenvalue weighted by atomic mass is 10.0. The first-order chi connectivity index (χ1) is 72.0. The highest BCUT2D eigenvalue weighted by molar-refractivity contribution is 5.73. The first-order valence-corrected chi connectivity index (χ1v) is 48.9. The van der Waals surface area contributed by atoms with E-state index in [1.807, 2.05) is 81.4 Å². The SMILES string of the molecule is CCCCCCCc1ccc(-c2ccc(O)c(F)c2F)cc1.CCCCCOc1ccc(-c2ccc(O)c(F)c2F)cc1.CCCCCc1ccc(-c2ccc(O)c(F)c2F)cc1.CCCOc1ccc(-c2ccc(O)c(F)c2F)cc1.CCCc1ccc(-c2ccc(O)c(F)c2F)cc1.CCc1ccc(-c2ccc(O)c(F)c2F)cc1.COc1ccc(-c2ccc(O)c(F)c2F)cc1.Cc1ccc(-c2ccc(O)c(F)c2F)cc1. The summed E-state index contributed by atoms with van der Waals surface area (Å²) in [7, 11) is 1.52. The van der Waals surface area contributed by atoms with Crippen LogP contribution >= 0.6 is 0 Å². The lowest BCUT2D eigenvalue weighted by Gasteiger charge is -2.08. The van der Waals surface area contributed by atoms with E-state index in [1.54, 1.807) is 133 Å². The fraction of sp³-hybridized carbons (Fsp3) is 0.220. The maximum absolute atomic E-state index is 13.8. The molecule has 788 valence electrons. The average molecular weight is 2080 g/mol. The van der Waals surface area contributed by atoms with Crippen LogP contribution in [0.15, 0.2) is 291 Å². The molecule has 0 bridgehead atoms. The number of benzene rings is 16. The predicted molar refractivity (Wildman–Crippen MR) is 559 cm³/mol. The van der Waals surface area contributed by atoms with E-state index in [4.69, 9.17) is 55.1 Å². The van der Waals surface area contributed by atoms with E-state index in [1.165, 1.54) is 123 Å². The Morgan fingerprint density at radius 2 is 0.380 bits per heavy atom. The van der Waals surface area contributed by atoms with Crippen LogP contribution in [-0.4, -0.2) is 61.2 Å². The maximum atomic E-state index is 13.8. The zero-order chi connectivity index (χ0) is 109. The van der Waals surface area contributed by atoms with Crippen molar-refractivity contribution in [2.24, 2.45) is 0 Å². The quantitative estimate of drug-likeness (QED) is 0.0158. The van der Waals surface area contributed by atoms with Gasteiger partial charge in [0.15, 0.2) is 92.5 Å². The molecule has 27 heteroatoms. The first kappa shape index (κ1) is 118. The van der Waals surface area contributed by atoms with Crippen molar-refractivity contribution in [2.75, 3.05) is 20.3 Å². The average Bonchev–Trinajstić information content (AvgIpc) is 0.845. The van der Waals surface area contributed by atoms with E-state index >= 15 is 0 Å². The van der Waals surface area contributed by atoms with E-state index in [9.17, 15) is 70.2 Å². The zero-order valence-corrected chi connectivity index (χ0v) is 84.0. The molecule has 0 heterocycles. The number of hydrogen-bond donors (Lipinski definition) is 8.